The maximum atomic E-state index is 10.4. The van der Waals surface area contributed by atoms with Gasteiger partial charge in [0.1, 0.15) is 0 Å². The van der Waals surface area contributed by atoms with Crippen LogP contribution in [0, 0.1) is 5.41 Å². The van der Waals surface area contributed by atoms with Gasteiger partial charge in [0, 0.05) is 16.5 Å². The normalized spacial score (nSPS) is 15.5. The van der Waals surface area contributed by atoms with E-state index in [1.807, 2.05) is 19.1 Å². The van der Waals surface area contributed by atoms with Crippen LogP contribution in [0.4, 0.5) is 0 Å². The quantitative estimate of drug-likeness (QED) is 0.816. The molecule has 0 spiro atoms. The van der Waals surface area contributed by atoms with Crippen LogP contribution in [0.15, 0.2) is 18.2 Å². The van der Waals surface area contributed by atoms with E-state index in [1.54, 1.807) is 6.07 Å². The van der Waals surface area contributed by atoms with E-state index in [9.17, 15) is 5.11 Å². The van der Waals surface area contributed by atoms with E-state index in [1.165, 1.54) is 0 Å². The Hall–Kier alpha value is -0.240. The number of benzene rings is 1. The molecule has 0 aliphatic carbocycles. The van der Waals surface area contributed by atoms with Crippen molar-refractivity contribution in [2.75, 3.05) is 0 Å². The van der Waals surface area contributed by atoms with Crippen molar-refractivity contribution < 1.29 is 5.11 Å². The van der Waals surface area contributed by atoms with Gasteiger partial charge < -0.3 is 5.11 Å². The first-order valence-corrected chi connectivity index (χ1v) is 7.01. The Labute approximate surface area is 120 Å². The van der Waals surface area contributed by atoms with E-state index in [0.29, 0.717) is 16.5 Å². The lowest BCUT2D eigenvalue weighted by Gasteiger charge is -2.28. The van der Waals surface area contributed by atoms with Gasteiger partial charge in [-0.2, -0.15) is 0 Å². The van der Waals surface area contributed by atoms with Crippen LogP contribution < -0.4 is 0 Å². The zero-order chi connectivity index (χ0) is 14.0. The maximum absolute atomic E-state index is 10.4. The largest absolute Gasteiger partial charge is 0.390 e. The molecule has 1 nitrogen and oxygen atoms in total. The fraction of sp³-hybridized carbons (Fsp3) is 0.600. The number of hydrogen-bond acceptors (Lipinski definition) is 1. The molecule has 0 aliphatic rings. The molecule has 0 bridgehead atoms. The van der Waals surface area contributed by atoms with Gasteiger partial charge in [-0.3, -0.25) is 0 Å². The molecular weight excluding hydrogens is 267 g/mol. The molecule has 0 saturated heterocycles. The smallest absolute Gasteiger partial charge is 0.0660 e. The van der Waals surface area contributed by atoms with Gasteiger partial charge in [-0.05, 0) is 42.9 Å². The summed E-state index contributed by atoms with van der Waals surface area (Å²) in [5.41, 5.74) is 0.443. The highest BCUT2D eigenvalue weighted by molar-refractivity contribution is 6.35. The van der Waals surface area contributed by atoms with Crippen molar-refractivity contribution in [1.82, 2.24) is 0 Å². The van der Waals surface area contributed by atoms with Crippen LogP contribution >= 0.6 is 23.2 Å². The van der Waals surface area contributed by atoms with Crippen LogP contribution in [0.2, 0.25) is 10.0 Å². The molecule has 1 aromatic rings. The molecule has 0 aromatic heterocycles. The van der Waals surface area contributed by atoms with Crippen molar-refractivity contribution in [3.8, 4) is 0 Å². The van der Waals surface area contributed by atoms with Crippen molar-refractivity contribution in [1.29, 1.82) is 0 Å². The molecule has 102 valence electrons. The highest BCUT2D eigenvalue weighted by atomic mass is 35.5. The summed E-state index contributed by atoms with van der Waals surface area (Å²) >= 11 is 12.0. The monoisotopic (exact) mass is 288 g/mol. The first kappa shape index (κ1) is 15.8. The summed E-state index contributed by atoms with van der Waals surface area (Å²) in [6, 6.07) is 5.41. The van der Waals surface area contributed by atoms with Crippen LogP contribution in [-0.2, 0) is 6.42 Å². The molecule has 1 rings (SSSR count). The SMILES string of the molecule is CC(C)(C)CCC(C)(O)Cc1ccc(Cl)cc1Cl. The number of hydrogen-bond donors (Lipinski definition) is 1. The van der Waals surface area contributed by atoms with E-state index in [-0.39, 0.29) is 5.41 Å². The predicted molar refractivity (Wildman–Crippen MR) is 79.5 cm³/mol. The Morgan fingerprint density at radius 2 is 1.67 bits per heavy atom. The van der Waals surface area contributed by atoms with Gasteiger partial charge in [-0.25, -0.2) is 0 Å². The van der Waals surface area contributed by atoms with E-state index in [2.05, 4.69) is 20.8 Å². The van der Waals surface area contributed by atoms with Crippen molar-refractivity contribution in [2.45, 2.75) is 52.6 Å². The minimum Gasteiger partial charge on any atom is -0.390 e. The fourth-order valence-corrected chi connectivity index (χ4v) is 2.28. The van der Waals surface area contributed by atoms with Crippen LogP contribution in [0.5, 0.6) is 0 Å². The van der Waals surface area contributed by atoms with Gasteiger partial charge in [0.05, 0.1) is 5.60 Å². The average Bonchev–Trinajstić information content (AvgIpc) is 2.19. The Morgan fingerprint density at radius 1 is 1.06 bits per heavy atom. The highest BCUT2D eigenvalue weighted by Gasteiger charge is 2.24. The van der Waals surface area contributed by atoms with Crippen molar-refractivity contribution >= 4 is 23.2 Å². The third-order valence-electron chi connectivity index (χ3n) is 3.00. The molecule has 3 heteroatoms. The molecule has 1 aromatic carbocycles. The third kappa shape index (κ3) is 5.60. The van der Waals surface area contributed by atoms with Gasteiger partial charge in [-0.15, -0.1) is 0 Å². The number of rotatable bonds is 4. The van der Waals surface area contributed by atoms with E-state index < -0.39 is 5.60 Å². The lowest BCUT2D eigenvalue weighted by Crippen LogP contribution is -2.29. The van der Waals surface area contributed by atoms with Crippen molar-refractivity contribution in [3.05, 3.63) is 33.8 Å². The third-order valence-corrected chi connectivity index (χ3v) is 3.59. The van der Waals surface area contributed by atoms with Crippen molar-refractivity contribution in [2.24, 2.45) is 5.41 Å². The van der Waals surface area contributed by atoms with E-state index in [0.717, 1.165) is 18.4 Å². The second-order valence-electron chi connectivity index (χ2n) is 6.47. The summed E-state index contributed by atoms with van der Waals surface area (Å²) in [6.07, 6.45) is 2.29. The Morgan fingerprint density at radius 3 is 2.17 bits per heavy atom. The first-order chi connectivity index (χ1) is 8.09. The van der Waals surface area contributed by atoms with Gasteiger partial charge in [0.2, 0.25) is 0 Å². The zero-order valence-electron chi connectivity index (χ0n) is 11.6. The van der Waals surface area contributed by atoms with Crippen LogP contribution in [0.25, 0.3) is 0 Å². The average molecular weight is 289 g/mol. The van der Waals surface area contributed by atoms with Gasteiger partial charge in [0.25, 0.3) is 0 Å². The van der Waals surface area contributed by atoms with Crippen LogP contribution in [0.3, 0.4) is 0 Å². The second kappa shape index (κ2) is 5.81. The van der Waals surface area contributed by atoms with Crippen LogP contribution in [0.1, 0.15) is 46.1 Å². The standard InChI is InChI=1S/C15H22Cl2O/c1-14(2,3)7-8-15(4,18)10-11-5-6-12(16)9-13(11)17/h5-6,9,18H,7-8,10H2,1-4H3. The minimum atomic E-state index is -0.731. The number of halogens is 2. The van der Waals surface area contributed by atoms with E-state index in [4.69, 9.17) is 23.2 Å². The second-order valence-corrected chi connectivity index (χ2v) is 7.31. The van der Waals surface area contributed by atoms with Gasteiger partial charge in [0.15, 0.2) is 0 Å². The molecular formula is C15H22Cl2O. The molecule has 18 heavy (non-hydrogen) atoms. The summed E-state index contributed by atoms with van der Waals surface area (Å²) in [5, 5.41) is 11.7. The van der Waals surface area contributed by atoms with Crippen molar-refractivity contribution in [3.63, 3.8) is 0 Å². The zero-order valence-corrected chi connectivity index (χ0v) is 13.1. The topological polar surface area (TPSA) is 20.2 Å². The molecule has 1 atom stereocenters. The molecule has 1 unspecified atom stereocenters. The predicted octanol–water partition coefficient (Wildman–Crippen LogP) is 5.11. The fourth-order valence-electron chi connectivity index (χ4n) is 1.81. The summed E-state index contributed by atoms with van der Waals surface area (Å²) < 4.78 is 0. The van der Waals surface area contributed by atoms with Gasteiger partial charge in [-0.1, -0.05) is 50.0 Å². The summed E-state index contributed by atoms with van der Waals surface area (Å²) in [5.74, 6) is 0. The van der Waals surface area contributed by atoms with E-state index >= 15 is 0 Å². The minimum absolute atomic E-state index is 0.230. The number of aliphatic hydroxyl groups is 1. The molecule has 0 heterocycles. The first-order valence-electron chi connectivity index (χ1n) is 6.25. The van der Waals surface area contributed by atoms with Crippen LogP contribution in [-0.4, -0.2) is 10.7 Å². The molecule has 0 saturated carbocycles. The van der Waals surface area contributed by atoms with Gasteiger partial charge >= 0.3 is 0 Å². The molecule has 0 aliphatic heterocycles. The molecule has 0 fully saturated rings. The highest BCUT2D eigenvalue weighted by Crippen LogP contribution is 2.30. The molecule has 1 N–H and O–H groups in total. The Balaban J connectivity index is 2.70. The Kier molecular flexibility index (Phi) is 5.11. The summed E-state index contributed by atoms with van der Waals surface area (Å²) in [6.45, 7) is 8.40. The lowest BCUT2D eigenvalue weighted by molar-refractivity contribution is 0.0396. The maximum Gasteiger partial charge on any atom is 0.0660 e. The lowest BCUT2D eigenvalue weighted by atomic mass is 9.83. The molecule has 0 amide bonds. The summed E-state index contributed by atoms with van der Waals surface area (Å²) in [7, 11) is 0. The summed E-state index contributed by atoms with van der Waals surface area (Å²) in [4.78, 5) is 0. The Bertz CT molecular complexity index is 405. The molecule has 0 radical (unpaired) electrons.